The predicted molar refractivity (Wildman–Crippen MR) is 163 cm³/mol. The highest BCUT2D eigenvalue weighted by Gasteiger charge is 2.24. The number of H-pyrrole nitrogens is 1. The van der Waals surface area contributed by atoms with Gasteiger partial charge in [-0.1, -0.05) is 75.2 Å². The normalized spacial score (nSPS) is 14.0. The van der Waals surface area contributed by atoms with Crippen molar-refractivity contribution in [2.75, 3.05) is 6.54 Å². The molecule has 1 atom stereocenters. The fourth-order valence-electron chi connectivity index (χ4n) is 5.90. The maximum atomic E-state index is 12.2. The van der Waals surface area contributed by atoms with Crippen molar-refractivity contribution in [3.63, 3.8) is 0 Å². The van der Waals surface area contributed by atoms with Gasteiger partial charge in [0.05, 0.1) is 11.6 Å². The quantitative estimate of drug-likeness (QED) is 0.180. The number of hydrogen-bond acceptors (Lipinski definition) is 4. The number of aliphatic hydroxyl groups is 1. The Labute approximate surface area is 237 Å². The number of aromatic nitrogens is 1. The summed E-state index contributed by atoms with van der Waals surface area (Å²) in [5, 5.41) is 15.7. The lowest BCUT2D eigenvalue weighted by Gasteiger charge is -2.19. The number of aliphatic hydroxyl groups excluding tert-OH is 1. The molecule has 5 heteroatoms. The molecule has 40 heavy (non-hydrogen) atoms. The average Bonchev–Trinajstić information content (AvgIpc) is 3.38. The third kappa shape index (κ3) is 6.65. The van der Waals surface area contributed by atoms with Crippen LogP contribution >= 0.6 is 0 Å². The highest BCUT2D eigenvalue weighted by atomic mass is 16.5. The average molecular weight is 539 g/mol. The smallest absolute Gasteiger partial charge is 0.248 e. The van der Waals surface area contributed by atoms with Gasteiger partial charge in [0, 0.05) is 24.0 Å². The third-order valence-electron chi connectivity index (χ3n) is 8.14. The van der Waals surface area contributed by atoms with Crippen molar-refractivity contribution in [2.45, 2.75) is 84.0 Å². The van der Waals surface area contributed by atoms with Gasteiger partial charge < -0.3 is 20.1 Å². The van der Waals surface area contributed by atoms with Gasteiger partial charge in [-0.05, 0) is 84.0 Å². The van der Waals surface area contributed by atoms with Crippen molar-refractivity contribution in [3.05, 3.63) is 110 Å². The number of ether oxygens (including phenoxy) is 1. The molecule has 1 heterocycles. The second kappa shape index (κ2) is 13.3. The predicted octanol–water partition coefficient (Wildman–Crippen LogP) is 6.58. The van der Waals surface area contributed by atoms with Gasteiger partial charge in [-0.15, -0.1) is 0 Å². The summed E-state index contributed by atoms with van der Waals surface area (Å²) in [4.78, 5) is 15.1. The van der Waals surface area contributed by atoms with Crippen LogP contribution in [0.15, 0.2) is 71.5 Å². The van der Waals surface area contributed by atoms with Crippen LogP contribution in [0.4, 0.5) is 0 Å². The van der Waals surface area contributed by atoms with Crippen LogP contribution in [-0.2, 0) is 32.3 Å². The first-order valence-electron chi connectivity index (χ1n) is 14.9. The Balaban J connectivity index is 1.27. The molecule has 1 aliphatic rings. The molecule has 1 aromatic heterocycles. The molecule has 3 aromatic carbocycles. The van der Waals surface area contributed by atoms with Crippen molar-refractivity contribution < 1.29 is 9.84 Å². The third-order valence-corrected chi connectivity index (χ3v) is 8.14. The number of hydrogen-bond donors (Lipinski definition) is 3. The minimum atomic E-state index is -0.708. The van der Waals surface area contributed by atoms with Gasteiger partial charge in [-0.25, -0.2) is 0 Å². The molecule has 5 rings (SSSR count). The van der Waals surface area contributed by atoms with E-state index in [1.807, 2.05) is 42.5 Å². The monoisotopic (exact) mass is 538 g/mol. The number of fused-ring (bicyclic) bond motifs is 2. The van der Waals surface area contributed by atoms with E-state index < -0.39 is 6.10 Å². The zero-order chi connectivity index (χ0) is 27.9. The van der Waals surface area contributed by atoms with Crippen LogP contribution in [0.5, 0.6) is 5.75 Å². The molecule has 3 N–H and O–H groups in total. The summed E-state index contributed by atoms with van der Waals surface area (Å²) in [5.74, 6) is 0.601. The molecule has 4 aromatic rings. The number of rotatable bonds is 13. The topological polar surface area (TPSA) is 74.3 Å². The van der Waals surface area contributed by atoms with Crippen LogP contribution in [0.2, 0.25) is 0 Å². The van der Waals surface area contributed by atoms with Crippen LogP contribution in [-0.4, -0.2) is 22.7 Å². The zero-order valence-corrected chi connectivity index (χ0v) is 23.8. The van der Waals surface area contributed by atoms with E-state index in [2.05, 4.69) is 36.3 Å². The molecule has 5 nitrogen and oxygen atoms in total. The summed E-state index contributed by atoms with van der Waals surface area (Å²) in [6.45, 7) is 5.37. The van der Waals surface area contributed by atoms with Crippen LogP contribution in [0.1, 0.15) is 79.0 Å². The van der Waals surface area contributed by atoms with Gasteiger partial charge in [-0.2, -0.15) is 0 Å². The summed E-state index contributed by atoms with van der Waals surface area (Å²) in [5.41, 5.74) is 8.24. The number of benzene rings is 3. The summed E-state index contributed by atoms with van der Waals surface area (Å²) < 4.78 is 6.07. The fraction of sp³-hybridized carbons (Fsp3) is 0.400. The Bertz CT molecular complexity index is 1440. The minimum absolute atomic E-state index is 0.192. The van der Waals surface area contributed by atoms with Crippen molar-refractivity contribution in [2.24, 2.45) is 0 Å². The Morgan fingerprint density at radius 2 is 1.60 bits per heavy atom. The van der Waals surface area contributed by atoms with Crippen molar-refractivity contribution in [1.82, 2.24) is 10.3 Å². The largest absolute Gasteiger partial charge is 0.487 e. The second-order valence-electron chi connectivity index (χ2n) is 11.2. The number of nitrogens with one attached hydrogen (secondary N) is 2. The van der Waals surface area contributed by atoms with Gasteiger partial charge >= 0.3 is 0 Å². The Kier molecular flexibility index (Phi) is 9.35. The van der Waals surface area contributed by atoms with Crippen molar-refractivity contribution >= 4 is 10.9 Å². The summed E-state index contributed by atoms with van der Waals surface area (Å²) in [6.07, 6.45) is 8.53. The first kappa shape index (κ1) is 28.1. The van der Waals surface area contributed by atoms with E-state index in [0.29, 0.717) is 30.5 Å². The molecular formula is C35H42N2O3. The maximum absolute atomic E-state index is 12.2. The van der Waals surface area contributed by atoms with Gasteiger partial charge in [0.25, 0.3) is 0 Å². The summed E-state index contributed by atoms with van der Waals surface area (Å²) >= 11 is 0. The number of unbranched alkanes of at least 4 members (excludes halogenated alkanes) is 2. The lowest BCUT2D eigenvalue weighted by Crippen LogP contribution is -2.33. The molecule has 0 radical (unpaired) electrons. The highest BCUT2D eigenvalue weighted by molar-refractivity contribution is 5.87. The van der Waals surface area contributed by atoms with E-state index in [4.69, 9.17) is 4.74 Å². The van der Waals surface area contributed by atoms with E-state index in [1.54, 1.807) is 6.07 Å². The standard InChI is InChI=1S/C35H42N2O3/c1-3-5-12-25-18-27-20-29(21-28(27)19-26(25)13-6-4-2)36-22-32(38)30-14-16-33(35-31(30)15-17-34(39)37-35)40-23-24-10-8-7-9-11-24/h7-11,14-19,29,32,36,38H,3-6,12-13,20-23H2,1-2H3,(H,37,39)/t32-/m0/s1. The van der Waals surface area contributed by atoms with Gasteiger partial charge in [0.1, 0.15) is 12.4 Å². The molecule has 0 spiro atoms. The first-order valence-corrected chi connectivity index (χ1v) is 14.9. The Morgan fingerprint density at radius 3 is 2.25 bits per heavy atom. The Hall–Kier alpha value is -3.41. The van der Waals surface area contributed by atoms with E-state index in [-0.39, 0.29) is 5.56 Å². The Morgan fingerprint density at radius 1 is 0.925 bits per heavy atom. The molecule has 0 aliphatic heterocycles. The molecule has 210 valence electrons. The zero-order valence-electron chi connectivity index (χ0n) is 23.8. The molecule has 0 saturated carbocycles. The number of aromatic amines is 1. The first-order chi connectivity index (χ1) is 19.6. The molecule has 0 fully saturated rings. The van der Waals surface area contributed by atoms with Gasteiger partial charge in [0.15, 0.2) is 0 Å². The van der Waals surface area contributed by atoms with Gasteiger partial charge in [0.2, 0.25) is 5.56 Å². The molecular weight excluding hydrogens is 496 g/mol. The number of aryl methyl sites for hydroxylation is 2. The summed E-state index contributed by atoms with van der Waals surface area (Å²) in [6, 6.07) is 22.2. The van der Waals surface area contributed by atoms with Crippen LogP contribution in [0.3, 0.4) is 0 Å². The molecule has 0 bridgehead atoms. The van der Waals surface area contributed by atoms with Crippen molar-refractivity contribution in [1.29, 1.82) is 0 Å². The minimum Gasteiger partial charge on any atom is -0.487 e. The second-order valence-corrected chi connectivity index (χ2v) is 11.2. The lowest BCUT2D eigenvalue weighted by molar-refractivity contribution is 0.171. The summed E-state index contributed by atoms with van der Waals surface area (Å²) in [7, 11) is 0. The van der Waals surface area contributed by atoms with Crippen molar-refractivity contribution in [3.8, 4) is 5.75 Å². The molecule has 0 amide bonds. The maximum Gasteiger partial charge on any atom is 0.248 e. The molecule has 1 aliphatic carbocycles. The fourth-order valence-corrected chi connectivity index (χ4v) is 5.90. The SMILES string of the molecule is CCCCc1cc2c(cc1CCCC)CC(NC[C@H](O)c1ccc(OCc3ccccc3)c3[nH]c(=O)ccc13)C2. The highest BCUT2D eigenvalue weighted by Crippen LogP contribution is 2.31. The molecule has 0 saturated heterocycles. The van der Waals surface area contributed by atoms with E-state index in [0.717, 1.165) is 29.4 Å². The molecule has 0 unspecified atom stereocenters. The lowest BCUT2D eigenvalue weighted by atomic mass is 9.93. The number of pyridine rings is 1. The van der Waals surface area contributed by atoms with Crippen LogP contribution < -0.4 is 15.6 Å². The van der Waals surface area contributed by atoms with Gasteiger partial charge in [-0.3, -0.25) is 4.79 Å². The van der Waals surface area contributed by atoms with Crippen LogP contribution in [0, 0.1) is 0 Å². The van der Waals surface area contributed by atoms with E-state index in [9.17, 15) is 9.90 Å². The van der Waals surface area contributed by atoms with Crippen LogP contribution in [0.25, 0.3) is 10.9 Å². The van der Waals surface area contributed by atoms with E-state index >= 15 is 0 Å². The van der Waals surface area contributed by atoms with E-state index in [1.165, 1.54) is 66.8 Å².